The van der Waals surface area contributed by atoms with E-state index in [9.17, 15) is 8.42 Å². The smallest absolute Gasteiger partial charge is 0.259 e. The van der Waals surface area contributed by atoms with Crippen molar-refractivity contribution in [1.82, 2.24) is 10.1 Å². The molecule has 1 unspecified atom stereocenters. The Morgan fingerprint density at radius 2 is 1.83 bits per heavy atom. The molecule has 3 rings (SSSR count). The van der Waals surface area contributed by atoms with Crippen molar-refractivity contribution in [3.05, 3.63) is 64.9 Å². The van der Waals surface area contributed by atoms with E-state index in [2.05, 4.69) is 10.1 Å². The van der Waals surface area contributed by atoms with Crippen LogP contribution < -0.4 is 10.9 Å². The van der Waals surface area contributed by atoms with Crippen LogP contribution in [-0.4, -0.2) is 18.6 Å². The monoisotopic (exact) mass is 364 g/mol. The maximum absolute atomic E-state index is 11.3. The van der Waals surface area contributed by atoms with Gasteiger partial charge in [0.05, 0.1) is 21.5 Å². The number of primary sulfonamides is 1. The van der Waals surface area contributed by atoms with E-state index in [-0.39, 0.29) is 15.8 Å². The number of nitrogens with zero attached hydrogens (tertiary/aromatic N) is 2. The summed E-state index contributed by atoms with van der Waals surface area (Å²) in [6, 6.07) is 12.8. The van der Waals surface area contributed by atoms with Gasteiger partial charge >= 0.3 is 0 Å². The highest BCUT2D eigenvalue weighted by Gasteiger charge is 2.19. The van der Waals surface area contributed by atoms with E-state index >= 15 is 0 Å². The van der Waals surface area contributed by atoms with Gasteiger partial charge in [-0.05, 0) is 23.8 Å². The van der Waals surface area contributed by atoms with Gasteiger partial charge in [0, 0.05) is 0 Å². The van der Waals surface area contributed by atoms with E-state index in [1.165, 1.54) is 18.2 Å². The van der Waals surface area contributed by atoms with Crippen molar-refractivity contribution in [3.8, 4) is 11.5 Å². The lowest BCUT2D eigenvalue weighted by atomic mass is 10.1. The summed E-state index contributed by atoms with van der Waals surface area (Å²) in [5.41, 5.74) is 7.34. The molecule has 0 radical (unpaired) electrons. The number of aromatic nitrogens is 2. The summed E-state index contributed by atoms with van der Waals surface area (Å²) in [5.74, 6) is 0.435. The van der Waals surface area contributed by atoms with Crippen molar-refractivity contribution >= 4 is 21.6 Å². The number of hydrogen-bond donors (Lipinski definition) is 2. The average Bonchev–Trinajstić information content (AvgIpc) is 3.03. The molecule has 7 nitrogen and oxygen atoms in total. The van der Waals surface area contributed by atoms with E-state index < -0.39 is 16.1 Å². The van der Waals surface area contributed by atoms with Crippen LogP contribution >= 0.6 is 11.6 Å². The second kappa shape index (κ2) is 6.33. The fraction of sp³-hybridized carbons (Fsp3) is 0.0667. The molecule has 4 N–H and O–H groups in total. The molecule has 0 saturated carbocycles. The summed E-state index contributed by atoms with van der Waals surface area (Å²) in [6.07, 6.45) is 0. The molecular formula is C15H13ClN4O3S. The lowest BCUT2D eigenvalue weighted by Gasteiger charge is -2.06. The average molecular weight is 365 g/mol. The summed E-state index contributed by atoms with van der Waals surface area (Å²) in [6.45, 7) is 0. The van der Waals surface area contributed by atoms with E-state index in [0.717, 1.165) is 5.56 Å². The first-order valence-electron chi connectivity index (χ1n) is 6.83. The van der Waals surface area contributed by atoms with Gasteiger partial charge in [0.1, 0.15) is 0 Å². The normalized spacial score (nSPS) is 13.0. The Labute approximate surface area is 143 Å². The summed E-state index contributed by atoms with van der Waals surface area (Å²) in [7, 11) is -3.84. The maximum atomic E-state index is 11.3. The van der Waals surface area contributed by atoms with Crippen molar-refractivity contribution < 1.29 is 12.9 Å². The lowest BCUT2D eigenvalue weighted by Crippen LogP contribution is -2.13. The molecule has 2 aromatic carbocycles. The number of sulfonamides is 1. The van der Waals surface area contributed by atoms with Gasteiger partial charge in [0.15, 0.2) is 5.82 Å². The quantitative estimate of drug-likeness (QED) is 0.730. The number of hydrogen-bond acceptors (Lipinski definition) is 6. The predicted octanol–water partition coefficient (Wildman–Crippen LogP) is 2.09. The molecule has 0 fully saturated rings. The van der Waals surface area contributed by atoms with Crippen LogP contribution in [0.15, 0.2) is 57.9 Å². The first-order chi connectivity index (χ1) is 11.4. The Morgan fingerprint density at radius 1 is 1.12 bits per heavy atom. The number of rotatable bonds is 4. The van der Waals surface area contributed by atoms with Gasteiger partial charge < -0.3 is 10.3 Å². The molecule has 0 saturated heterocycles. The summed E-state index contributed by atoms with van der Waals surface area (Å²) in [4.78, 5) is 4.14. The van der Waals surface area contributed by atoms with Crippen LogP contribution in [0.25, 0.3) is 11.5 Å². The number of nitrogens with two attached hydrogens (primary N) is 2. The van der Waals surface area contributed by atoms with Crippen molar-refractivity contribution in [1.29, 1.82) is 0 Å². The molecule has 3 aromatic rings. The Bertz CT molecular complexity index is 973. The highest BCUT2D eigenvalue weighted by atomic mass is 35.5. The molecular weight excluding hydrogens is 352 g/mol. The summed E-state index contributed by atoms with van der Waals surface area (Å²) < 4.78 is 27.9. The minimum atomic E-state index is -3.84. The summed E-state index contributed by atoms with van der Waals surface area (Å²) >= 11 is 6.10. The molecule has 1 aromatic heterocycles. The Balaban J connectivity index is 1.94. The van der Waals surface area contributed by atoms with Crippen LogP contribution in [-0.2, 0) is 10.0 Å². The first-order valence-corrected chi connectivity index (χ1v) is 8.75. The predicted molar refractivity (Wildman–Crippen MR) is 88.6 cm³/mol. The zero-order valence-electron chi connectivity index (χ0n) is 12.3. The number of halogens is 1. The fourth-order valence-corrected chi connectivity index (χ4v) is 2.99. The molecule has 0 amide bonds. The van der Waals surface area contributed by atoms with Crippen LogP contribution in [0.1, 0.15) is 17.4 Å². The van der Waals surface area contributed by atoms with Crippen molar-refractivity contribution in [3.63, 3.8) is 0 Å². The van der Waals surface area contributed by atoms with E-state index in [1.807, 2.05) is 30.3 Å². The Morgan fingerprint density at radius 3 is 2.46 bits per heavy atom. The van der Waals surface area contributed by atoms with Crippen LogP contribution in [0, 0.1) is 0 Å². The highest BCUT2D eigenvalue weighted by Crippen LogP contribution is 2.29. The third-order valence-electron chi connectivity index (χ3n) is 3.38. The fourth-order valence-electron chi connectivity index (χ4n) is 2.13. The van der Waals surface area contributed by atoms with Crippen molar-refractivity contribution in [2.24, 2.45) is 10.9 Å². The van der Waals surface area contributed by atoms with Crippen LogP contribution in [0.3, 0.4) is 0 Å². The van der Waals surface area contributed by atoms with Crippen LogP contribution in [0.4, 0.5) is 0 Å². The maximum Gasteiger partial charge on any atom is 0.259 e. The van der Waals surface area contributed by atoms with Gasteiger partial charge in [-0.2, -0.15) is 4.98 Å². The van der Waals surface area contributed by atoms with E-state index in [1.54, 1.807) is 0 Å². The zero-order valence-corrected chi connectivity index (χ0v) is 13.8. The van der Waals surface area contributed by atoms with Gasteiger partial charge in [0.25, 0.3) is 5.89 Å². The highest BCUT2D eigenvalue weighted by molar-refractivity contribution is 7.89. The molecule has 1 atom stereocenters. The van der Waals surface area contributed by atoms with E-state index in [0.29, 0.717) is 11.4 Å². The van der Waals surface area contributed by atoms with Gasteiger partial charge in [-0.15, -0.1) is 0 Å². The van der Waals surface area contributed by atoms with Crippen molar-refractivity contribution in [2.75, 3.05) is 0 Å². The third-order valence-corrected chi connectivity index (χ3v) is 4.60. The molecule has 0 bridgehead atoms. The molecule has 0 spiro atoms. The Kier molecular flexibility index (Phi) is 4.37. The molecule has 1 heterocycles. The molecule has 0 aliphatic carbocycles. The second-order valence-electron chi connectivity index (χ2n) is 5.03. The Hall–Kier alpha value is -2.26. The molecule has 124 valence electrons. The van der Waals surface area contributed by atoms with Crippen molar-refractivity contribution in [2.45, 2.75) is 10.9 Å². The topological polar surface area (TPSA) is 125 Å². The standard InChI is InChI=1S/C15H13ClN4O3S/c16-12-8-10(24(18,21)22)6-7-11(12)15-19-14(20-23-15)13(17)9-4-2-1-3-5-9/h1-8,13H,17H2,(H2,18,21,22). The molecule has 0 aliphatic rings. The molecule has 0 aliphatic heterocycles. The van der Waals surface area contributed by atoms with Gasteiger partial charge in [-0.1, -0.05) is 47.1 Å². The number of benzene rings is 2. The SMILES string of the molecule is NC(c1ccccc1)c1noc(-c2ccc(S(N)(=O)=O)cc2Cl)n1. The minimum absolute atomic E-state index is 0.100. The molecule has 9 heteroatoms. The zero-order chi connectivity index (χ0) is 17.3. The summed E-state index contributed by atoms with van der Waals surface area (Å²) in [5, 5.41) is 9.07. The largest absolute Gasteiger partial charge is 0.334 e. The van der Waals surface area contributed by atoms with Gasteiger partial charge in [-0.25, -0.2) is 13.6 Å². The van der Waals surface area contributed by atoms with Gasteiger partial charge in [0.2, 0.25) is 10.0 Å². The molecule has 24 heavy (non-hydrogen) atoms. The van der Waals surface area contributed by atoms with Gasteiger partial charge in [-0.3, -0.25) is 0 Å². The lowest BCUT2D eigenvalue weighted by molar-refractivity contribution is 0.419. The second-order valence-corrected chi connectivity index (χ2v) is 7.00. The van der Waals surface area contributed by atoms with Crippen LogP contribution in [0.2, 0.25) is 5.02 Å². The third kappa shape index (κ3) is 3.31. The van der Waals surface area contributed by atoms with Crippen LogP contribution in [0.5, 0.6) is 0 Å². The minimum Gasteiger partial charge on any atom is -0.334 e. The van der Waals surface area contributed by atoms with E-state index in [4.69, 9.17) is 27.0 Å². The first kappa shape index (κ1) is 16.6.